The molecule has 2 nitrogen and oxygen atoms in total. The first-order valence-corrected chi connectivity index (χ1v) is 5.68. The average Bonchev–Trinajstić information content (AvgIpc) is 2.19. The molecule has 0 aromatic heterocycles. The standard InChI is InChI=1S/C10H14BrClN2/c1-7(5-13)14-6-8-2-3-10(12)9(11)4-8/h2-4,7,14H,5-6,13H2,1H3/t7-/m0/s1. The Kier molecular flexibility index (Phi) is 4.89. The highest BCUT2D eigenvalue weighted by atomic mass is 79.9. The number of halogens is 2. The van der Waals surface area contributed by atoms with Gasteiger partial charge in [0.1, 0.15) is 0 Å². The van der Waals surface area contributed by atoms with Gasteiger partial charge in [-0.25, -0.2) is 0 Å². The molecule has 4 heteroatoms. The molecule has 1 rings (SSSR count). The Balaban J connectivity index is 2.55. The van der Waals surface area contributed by atoms with Crippen molar-refractivity contribution < 1.29 is 0 Å². The summed E-state index contributed by atoms with van der Waals surface area (Å²) in [6.07, 6.45) is 0. The lowest BCUT2D eigenvalue weighted by Gasteiger charge is -2.11. The van der Waals surface area contributed by atoms with Gasteiger partial charge >= 0.3 is 0 Å². The summed E-state index contributed by atoms with van der Waals surface area (Å²) in [7, 11) is 0. The van der Waals surface area contributed by atoms with Crippen molar-refractivity contribution in [3.63, 3.8) is 0 Å². The van der Waals surface area contributed by atoms with Gasteiger partial charge in [0.15, 0.2) is 0 Å². The third-order valence-electron chi connectivity index (χ3n) is 1.99. The van der Waals surface area contributed by atoms with Crippen molar-refractivity contribution in [3.05, 3.63) is 33.3 Å². The van der Waals surface area contributed by atoms with Crippen LogP contribution in [-0.2, 0) is 6.54 Å². The van der Waals surface area contributed by atoms with Gasteiger partial charge in [0, 0.05) is 23.6 Å². The van der Waals surface area contributed by atoms with E-state index in [9.17, 15) is 0 Å². The minimum absolute atomic E-state index is 0.337. The highest BCUT2D eigenvalue weighted by molar-refractivity contribution is 9.10. The second-order valence-electron chi connectivity index (χ2n) is 3.27. The lowest BCUT2D eigenvalue weighted by atomic mass is 10.2. The van der Waals surface area contributed by atoms with Crippen molar-refractivity contribution in [2.24, 2.45) is 5.73 Å². The molecular formula is C10H14BrClN2. The Labute approximate surface area is 98.0 Å². The summed E-state index contributed by atoms with van der Waals surface area (Å²) < 4.78 is 0.930. The Bertz CT molecular complexity index is 304. The van der Waals surface area contributed by atoms with Crippen LogP contribution in [0.1, 0.15) is 12.5 Å². The Morgan fingerprint density at radius 3 is 2.86 bits per heavy atom. The van der Waals surface area contributed by atoms with E-state index in [1.807, 2.05) is 18.2 Å². The van der Waals surface area contributed by atoms with Gasteiger partial charge in [0.2, 0.25) is 0 Å². The monoisotopic (exact) mass is 276 g/mol. The van der Waals surface area contributed by atoms with E-state index in [1.54, 1.807) is 0 Å². The van der Waals surface area contributed by atoms with E-state index in [2.05, 4.69) is 28.2 Å². The quantitative estimate of drug-likeness (QED) is 0.887. The number of hydrogen-bond donors (Lipinski definition) is 2. The van der Waals surface area contributed by atoms with E-state index in [0.29, 0.717) is 12.6 Å². The molecule has 0 radical (unpaired) electrons. The van der Waals surface area contributed by atoms with E-state index in [0.717, 1.165) is 16.0 Å². The highest BCUT2D eigenvalue weighted by Crippen LogP contribution is 2.23. The summed E-state index contributed by atoms with van der Waals surface area (Å²) >= 11 is 9.27. The molecule has 0 unspecified atom stereocenters. The fourth-order valence-electron chi connectivity index (χ4n) is 1.03. The lowest BCUT2D eigenvalue weighted by Crippen LogP contribution is -2.32. The van der Waals surface area contributed by atoms with E-state index in [4.69, 9.17) is 17.3 Å². The lowest BCUT2D eigenvalue weighted by molar-refractivity contribution is 0.556. The van der Waals surface area contributed by atoms with Crippen LogP contribution in [0.5, 0.6) is 0 Å². The minimum atomic E-state index is 0.337. The molecule has 0 aliphatic heterocycles. The second-order valence-corrected chi connectivity index (χ2v) is 4.53. The first kappa shape index (κ1) is 12.0. The Morgan fingerprint density at radius 1 is 1.57 bits per heavy atom. The molecule has 0 spiro atoms. The van der Waals surface area contributed by atoms with Gasteiger partial charge in [0.05, 0.1) is 5.02 Å². The molecule has 14 heavy (non-hydrogen) atoms. The summed E-state index contributed by atoms with van der Waals surface area (Å²) in [5.41, 5.74) is 6.69. The van der Waals surface area contributed by atoms with Crippen LogP contribution < -0.4 is 11.1 Å². The molecule has 1 aromatic carbocycles. The van der Waals surface area contributed by atoms with Gasteiger partial charge in [-0.1, -0.05) is 17.7 Å². The van der Waals surface area contributed by atoms with Crippen LogP contribution >= 0.6 is 27.5 Å². The molecule has 0 bridgehead atoms. The topological polar surface area (TPSA) is 38.0 Å². The fourth-order valence-corrected chi connectivity index (χ4v) is 1.57. The van der Waals surface area contributed by atoms with Crippen molar-refractivity contribution in [1.82, 2.24) is 5.32 Å². The molecule has 0 aliphatic rings. The van der Waals surface area contributed by atoms with Crippen LogP contribution in [0.2, 0.25) is 5.02 Å². The normalized spacial score (nSPS) is 12.9. The van der Waals surface area contributed by atoms with Crippen LogP contribution in [0.15, 0.2) is 22.7 Å². The summed E-state index contributed by atoms with van der Waals surface area (Å²) in [5, 5.41) is 4.04. The average molecular weight is 278 g/mol. The molecular weight excluding hydrogens is 263 g/mol. The maximum Gasteiger partial charge on any atom is 0.0548 e. The van der Waals surface area contributed by atoms with Gasteiger partial charge in [0.25, 0.3) is 0 Å². The van der Waals surface area contributed by atoms with Gasteiger partial charge in [-0.15, -0.1) is 0 Å². The van der Waals surface area contributed by atoms with Crippen molar-refractivity contribution in [2.45, 2.75) is 19.5 Å². The first-order valence-electron chi connectivity index (χ1n) is 4.51. The van der Waals surface area contributed by atoms with Gasteiger partial charge in [-0.05, 0) is 40.5 Å². The molecule has 0 fully saturated rings. The van der Waals surface area contributed by atoms with Crippen molar-refractivity contribution in [2.75, 3.05) is 6.54 Å². The first-order chi connectivity index (χ1) is 6.63. The molecule has 0 saturated carbocycles. The summed E-state index contributed by atoms with van der Waals surface area (Å²) in [6.45, 7) is 3.52. The predicted molar refractivity (Wildman–Crippen MR) is 64.5 cm³/mol. The minimum Gasteiger partial charge on any atom is -0.329 e. The number of hydrogen-bond acceptors (Lipinski definition) is 2. The summed E-state index contributed by atoms with van der Waals surface area (Å²) in [5.74, 6) is 0. The number of rotatable bonds is 4. The number of nitrogens with two attached hydrogens (primary N) is 1. The zero-order chi connectivity index (χ0) is 10.6. The van der Waals surface area contributed by atoms with Crippen molar-refractivity contribution >= 4 is 27.5 Å². The molecule has 1 aromatic rings. The van der Waals surface area contributed by atoms with Gasteiger partial charge in [-0.2, -0.15) is 0 Å². The summed E-state index contributed by atoms with van der Waals surface area (Å²) in [4.78, 5) is 0. The molecule has 78 valence electrons. The zero-order valence-electron chi connectivity index (χ0n) is 8.06. The number of nitrogens with one attached hydrogen (secondary N) is 1. The van der Waals surface area contributed by atoms with Crippen LogP contribution in [0.3, 0.4) is 0 Å². The molecule has 3 N–H and O–H groups in total. The highest BCUT2D eigenvalue weighted by Gasteiger charge is 2.01. The van der Waals surface area contributed by atoms with Crippen molar-refractivity contribution in [1.29, 1.82) is 0 Å². The maximum atomic E-state index is 5.88. The largest absolute Gasteiger partial charge is 0.329 e. The third-order valence-corrected chi connectivity index (χ3v) is 3.21. The van der Waals surface area contributed by atoms with Crippen molar-refractivity contribution in [3.8, 4) is 0 Å². The smallest absolute Gasteiger partial charge is 0.0548 e. The zero-order valence-corrected chi connectivity index (χ0v) is 10.4. The van der Waals surface area contributed by atoms with E-state index < -0.39 is 0 Å². The van der Waals surface area contributed by atoms with Crippen LogP contribution in [0.25, 0.3) is 0 Å². The molecule has 0 heterocycles. The SMILES string of the molecule is C[C@@H](CN)NCc1ccc(Cl)c(Br)c1. The molecule has 0 aliphatic carbocycles. The fraction of sp³-hybridized carbons (Fsp3) is 0.400. The Hall–Kier alpha value is -0.0900. The summed E-state index contributed by atoms with van der Waals surface area (Å²) in [6, 6.07) is 6.24. The van der Waals surface area contributed by atoms with Crippen LogP contribution in [0, 0.1) is 0 Å². The second kappa shape index (κ2) is 5.71. The van der Waals surface area contributed by atoms with Gasteiger partial charge in [-0.3, -0.25) is 0 Å². The molecule has 0 amide bonds. The van der Waals surface area contributed by atoms with E-state index in [-0.39, 0.29) is 0 Å². The predicted octanol–water partition coefficient (Wildman–Crippen LogP) is 2.54. The van der Waals surface area contributed by atoms with E-state index in [1.165, 1.54) is 5.56 Å². The van der Waals surface area contributed by atoms with E-state index >= 15 is 0 Å². The molecule has 0 saturated heterocycles. The third kappa shape index (κ3) is 3.58. The van der Waals surface area contributed by atoms with Gasteiger partial charge < -0.3 is 11.1 Å². The number of benzene rings is 1. The van der Waals surface area contributed by atoms with Crippen LogP contribution in [-0.4, -0.2) is 12.6 Å². The van der Waals surface area contributed by atoms with Crippen LogP contribution in [0.4, 0.5) is 0 Å². The Morgan fingerprint density at radius 2 is 2.29 bits per heavy atom. The molecule has 1 atom stereocenters. The maximum absolute atomic E-state index is 5.88.